The second-order valence-electron chi connectivity index (χ2n) is 12.0. The quantitative estimate of drug-likeness (QED) is 0.433. The van der Waals surface area contributed by atoms with Crippen LogP contribution in [0.4, 0.5) is 0 Å². The van der Waals surface area contributed by atoms with Crippen LogP contribution < -0.4 is 20.7 Å². The average molecular weight is 593 g/mol. The van der Waals surface area contributed by atoms with Crippen molar-refractivity contribution in [3.05, 3.63) is 65.7 Å². The number of likely N-dealkylation sites (N-methyl/N-ethyl adjacent to an activating group) is 1. The molecule has 1 saturated carbocycles. The van der Waals surface area contributed by atoms with E-state index in [0.717, 1.165) is 49.0 Å². The summed E-state index contributed by atoms with van der Waals surface area (Å²) in [5, 5.41) is 20.2. The van der Waals surface area contributed by atoms with Crippen LogP contribution in [0.1, 0.15) is 69.4 Å². The van der Waals surface area contributed by atoms with E-state index in [2.05, 4.69) is 16.0 Å². The third-order valence-corrected chi connectivity index (χ3v) is 8.90. The van der Waals surface area contributed by atoms with E-state index < -0.39 is 30.1 Å². The molecule has 43 heavy (non-hydrogen) atoms. The number of hydrogen-bond donors (Lipinski definition) is 4. The van der Waals surface area contributed by atoms with Crippen LogP contribution in [0.2, 0.25) is 0 Å². The maximum Gasteiger partial charge on any atom is 0.246 e. The van der Waals surface area contributed by atoms with Gasteiger partial charge in [-0.1, -0.05) is 74.7 Å². The minimum Gasteiger partial charge on any atom is -0.492 e. The van der Waals surface area contributed by atoms with E-state index in [-0.39, 0.29) is 23.7 Å². The van der Waals surface area contributed by atoms with Gasteiger partial charge in [-0.3, -0.25) is 14.4 Å². The van der Waals surface area contributed by atoms with E-state index in [9.17, 15) is 19.5 Å². The van der Waals surface area contributed by atoms with Gasteiger partial charge in [0.2, 0.25) is 17.7 Å². The number of ether oxygens (including phenoxy) is 1. The minimum atomic E-state index is -1.17. The first-order valence-corrected chi connectivity index (χ1v) is 15.8. The number of hydrogen-bond acceptors (Lipinski definition) is 6. The van der Waals surface area contributed by atoms with Crippen molar-refractivity contribution in [1.29, 1.82) is 0 Å². The molecule has 0 spiro atoms. The number of amides is 3. The van der Waals surface area contributed by atoms with Gasteiger partial charge in [0.25, 0.3) is 0 Å². The number of fused-ring (bicyclic) bond motifs is 1. The summed E-state index contributed by atoms with van der Waals surface area (Å²) >= 11 is 0. The van der Waals surface area contributed by atoms with Gasteiger partial charge in [0.1, 0.15) is 24.4 Å². The zero-order valence-corrected chi connectivity index (χ0v) is 25.8. The zero-order chi connectivity index (χ0) is 30.8. The van der Waals surface area contributed by atoms with E-state index in [4.69, 9.17) is 4.74 Å². The lowest BCUT2D eigenvalue weighted by atomic mass is 9.83. The van der Waals surface area contributed by atoms with Crippen LogP contribution in [-0.4, -0.2) is 78.7 Å². The number of para-hydroxylation sites is 1. The van der Waals surface area contributed by atoms with Gasteiger partial charge in [-0.05, 0) is 55.7 Å². The number of carbonyl (C=O) groups excluding carboxylic acids is 3. The SMILES string of the molecule is CC(c1ccccc1)[C@H]1NC(=O)[C@H]([C@@H](C)O)N(C)C(=O)[C@H](C2CCCCC2)NCCOc2ccccc2CCCNC1=O. The highest BCUT2D eigenvalue weighted by Crippen LogP contribution is 2.28. The Hall–Kier alpha value is -3.43. The second kappa shape index (κ2) is 15.9. The molecule has 9 nitrogen and oxygen atoms in total. The minimum absolute atomic E-state index is 0.121. The molecule has 1 fully saturated rings. The monoisotopic (exact) mass is 592 g/mol. The number of aryl methyl sites for hydroxylation is 1. The van der Waals surface area contributed by atoms with Crippen LogP contribution in [0.25, 0.3) is 0 Å². The van der Waals surface area contributed by atoms with Crippen molar-refractivity contribution in [2.24, 2.45) is 5.92 Å². The van der Waals surface area contributed by atoms with Gasteiger partial charge in [0.05, 0.1) is 12.1 Å². The lowest BCUT2D eigenvalue weighted by Gasteiger charge is -2.37. The highest BCUT2D eigenvalue weighted by Gasteiger charge is 2.39. The van der Waals surface area contributed by atoms with Crippen molar-refractivity contribution in [1.82, 2.24) is 20.9 Å². The molecule has 234 valence electrons. The Morgan fingerprint density at radius 3 is 2.30 bits per heavy atom. The van der Waals surface area contributed by atoms with E-state index in [1.165, 1.54) is 11.8 Å². The molecule has 1 heterocycles. The predicted molar refractivity (Wildman–Crippen MR) is 167 cm³/mol. The fourth-order valence-corrected chi connectivity index (χ4v) is 6.43. The summed E-state index contributed by atoms with van der Waals surface area (Å²) in [4.78, 5) is 42.8. The number of aliphatic hydroxyl groups excluding tert-OH is 1. The van der Waals surface area contributed by atoms with Gasteiger partial charge in [0, 0.05) is 26.1 Å². The van der Waals surface area contributed by atoms with Gasteiger partial charge in [-0.15, -0.1) is 0 Å². The largest absolute Gasteiger partial charge is 0.492 e. The molecule has 0 aromatic heterocycles. The molecule has 0 saturated heterocycles. The molecule has 2 aromatic carbocycles. The van der Waals surface area contributed by atoms with E-state index in [1.54, 1.807) is 7.05 Å². The Kier molecular flexibility index (Phi) is 12.0. The lowest BCUT2D eigenvalue weighted by molar-refractivity contribution is -0.146. The predicted octanol–water partition coefficient (Wildman–Crippen LogP) is 3.16. The summed E-state index contributed by atoms with van der Waals surface area (Å²) in [5.41, 5.74) is 1.95. The third-order valence-electron chi connectivity index (χ3n) is 8.90. The van der Waals surface area contributed by atoms with Crippen LogP contribution in [0.5, 0.6) is 5.75 Å². The summed E-state index contributed by atoms with van der Waals surface area (Å²) in [6.07, 6.45) is 5.36. The second-order valence-corrected chi connectivity index (χ2v) is 12.0. The first-order chi connectivity index (χ1) is 20.8. The number of nitrogens with zero attached hydrogens (tertiary/aromatic N) is 1. The van der Waals surface area contributed by atoms with Crippen LogP contribution in [0, 0.1) is 5.92 Å². The van der Waals surface area contributed by atoms with E-state index in [0.29, 0.717) is 32.5 Å². The number of rotatable bonds is 4. The van der Waals surface area contributed by atoms with Gasteiger partial charge in [-0.25, -0.2) is 0 Å². The van der Waals surface area contributed by atoms with Crippen molar-refractivity contribution < 1.29 is 24.2 Å². The Labute approximate surface area is 255 Å². The van der Waals surface area contributed by atoms with Crippen molar-refractivity contribution >= 4 is 17.7 Å². The Morgan fingerprint density at radius 2 is 1.58 bits per heavy atom. The van der Waals surface area contributed by atoms with Crippen molar-refractivity contribution in [3.63, 3.8) is 0 Å². The van der Waals surface area contributed by atoms with Crippen LogP contribution in [0.3, 0.4) is 0 Å². The normalized spacial score (nSPS) is 25.3. The lowest BCUT2D eigenvalue weighted by Crippen LogP contribution is -2.61. The van der Waals surface area contributed by atoms with Crippen molar-refractivity contribution in [2.75, 3.05) is 26.7 Å². The first-order valence-electron chi connectivity index (χ1n) is 15.8. The molecule has 4 N–H and O–H groups in total. The number of benzene rings is 2. The van der Waals surface area contributed by atoms with E-state index in [1.807, 2.05) is 61.5 Å². The van der Waals surface area contributed by atoms with Gasteiger partial charge in [0.15, 0.2) is 0 Å². The molecular formula is C34H48N4O5. The Morgan fingerprint density at radius 1 is 0.884 bits per heavy atom. The fourth-order valence-electron chi connectivity index (χ4n) is 6.43. The van der Waals surface area contributed by atoms with E-state index >= 15 is 0 Å². The standard InChI is InChI=1S/C34H48N4O5/c1-23(25-13-6-4-7-14-25)29-32(40)36-20-12-18-26-15-10-11-19-28(26)43-22-21-35-30(27-16-8-5-9-17-27)34(42)38(3)31(24(2)39)33(41)37-29/h4,6-7,10-11,13-15,19,23-24,27,29-31,35,39H,5,8-9,12,16-18,20-22H2,1-3H3,(H,36,40)(H,37,41)/t23?,24-,29-,30+,31+/m1/s1. The Balaban J connectivity index is 1.65. The van der Waals surface area contributed by atoms with Gasteiger partial charge >= 0.3 is 0 Å². The van der Waals surface area contributed by atoms with Gasteiger partial charge in [-0.2, -0.15) is 0 Å². The maximum absolute atomic E-state index is 14.0. The fraction of sp³-hybridized carbons (Fsp3) is 0.559. The molecule has 2 aliphatic rings. The molecule has 0 radical (unpaired) electrons. The molecule has 1 aliphatic carbocycles. The molecule has 1 aliphatic heterocycles. The number of nitrogens with one attached hydrogen (secondary N) is 3. The first kappa shape index (κ1) is 32.5. The summed E-state index contributed by atoms with van der Waals surface area (Å²) in [6.45, 7) is 4.67. The van der Waals surface area contributed by atoms with Gasteiger partial charge < -0.3 is 30.7 Å². The maximum atomic E-state index is 14.0. The molecular weight excluding hydrogens is 544 g/mol. The number of carbonyl (C=O) groups is 3. The number of aliphatic hydroxyl groups is 1. The molecule has 1 unspecified atom stereocenters. The van der Waals surface area contributed by atoms with Crippen LogP contribution in [-0.2, 0) is 20.8 Å². The molecule has 4 rings (SSSR count). The van der Waals surface area contributed by atoms with Crippen LogP contribution >= 0.6 is 0 Å². The van der Waals surface area contributed by atoms with Crippen molar-refractivity contribution in [3.8, 4) is 5.75 Å². The molecule has 0 bridgehead atoms. The van der Waals surface area contributed by atoms with Crippen molar-refractivity contribution in [2.45, 2.75) is 88.9 Å². The smallest absolute Gasteiger partial charge is 0.246 e. The topological polar surface area (TPSA) is 120 Å². The average Bonchev–Trinajstić information content (AvgIpc) is 3.02. The summed E-state index contributed by atoms with van der Waals surface area (Å²) < 4.78 is 6.15. The third kappa shape index (κ3) is 8.57. The summed E-state index contributed by atoms with van der Waals surface area (Å²) in [5.74, 6) is -0.545. The zero-order valence-electron chi connectivity index (χ0n) is 25.8. The summed E-state index contributed by atoms with van der Waals surface area (Å²) in [6, 6.07) is 14.9. The highest BCUT2D eigenvalue weighted by molar-refractivity contribution is 5.94. The van der Waals surface area contributed by atoms with Crippen LogP contribution in [0.15, 0.2) is 54.6 Å². The molecule has 9 heteroatoms. The highest BCUT2D eigenvalue weighted by atomic mass is 16.5. The summed E-state index contributed by atoms with van der Waals surface area (Å²) in [7, 11) is 1.57. The molecule has 5 atom stereocenters. The Bertz CT molecular complexity index is 1200. The molecule has 2 aromatic rings. The molecule has 3 amide bonds.